The molecule has 0 fully saturated rings. The maximum Gasteiger partial charge on any atom is 0.220 e. The number of halogens is 1. The fourth-order valence-corrected chi connectivity index (χ4v) is 5.42. The van der Waals surface area contributed by atoms with Crippen LogP contribution in [0.15, 0.2) is 17.2 Å². The van der Waals surface area contributed by atoms with Crippen molar-refractivity contribution in [2.24, 2.45) is 0 Å². The van der Waals surface area contributed by atoms with Crippen molar-refractivity contribution in [3.63, 3.8) is 0 Å². The largest absolute Gasteiger partial charge is 0.493 e. The van der Waals surface area contributed by atoms with E-state index in [2.05, 4.69) is 5.10 Å². The van der Waals surface area contributed by atoms with Crippen molar-refractivity contribution in [3.8, 4) is 5.88 Å². The van der Waals surface area contributed by atoms with E-state index in [9.17, 15) is 22.7 Å². The molecule has 1 N–H and O–H groups in total. The zero-order chi connectivity index (χ0) is 20.8. The lowest BCUT2D eigenvalue weighted by atomic mass is 9.91. The van der Waals surface area contributed by atoms with Crippen LogP contribution in [0.4, 0.5) is 4.39 Å². The van der Waals surface area contributed by atoms with E-state index in [0.717, 1.165) is 6.07 Å². The van der Waals surface area contributed by atoms with E-state index in [1.807, 2.05) is 0 Å². The lowest BCUT2D eigenvalue weighted by molar-refractivity contribution is 0.0511. The average Bonchev–Trinajstić information content (AvgIpc) is 3.01. The van der Waals surface area contributed by atoms with Crippen LogP contribution in [-0.2, 0) is 21.1 Å². The number of hydrogen-bond donors (Lipinski definition) is 1. The molecule has 0 amide bonds. The highest BCUT2D eigenvalue weighted by atomic mass is 32.2. The molecule has 0 bridgehead atoms. The van der Waals surface area contributed by atoms with Crippen molar-refractivity contribution >= 4 is 15.6 Å². The third-order valence-corrected chi connectivity index (χ3v) is 7.43. The Balaban J connectivity index is 2.24. The minimum Gasteiger partial charge on any atom is -0.493 e. The third kappa shape index (κ3) is 3.02. The molecular formula is C19H23FN2O5S. The summed E-state index contributed by atoms with van der Waals surface area (Å²) in [7, 11) is -3.87. The molecule has 0 spiro atoms. The van der Waals surface area contributed by atoms with Crippen molar-refractivity contribution in [1.29, 1.82) is 0 Å². The maximum absolute atomic E-state index is 15.0. The van der Waals surface area contributed by atoms with Gasteiger partial charge in [0.25, 0.3) is 0 Å². The van der Waals surface area contributed by atoms with Crippen LogP contribution >= 0.6 is 0 Å². The van der Waals surface area contributed by atoms with Gasteiger partial charge < -0.3 is 9.84 Å². The molecule has 2 unspecified atom stereocenters. The fourth-order valence-electron chi connectivity index (χ4n) is 3.67. The molecule has 0 saturated heterocycles. The van der Waals surface area contributed by atoms with E-state index in [0.29, 0.717) is 18.7 Å². The number of benzene rings is 1. The molecule has 1 aliphatic rings. The standard InChI is InChI=1S/C19H23FN2O5S/c1-5-22-19(24)13(9-21-22)17(23)12-8-14(20)18-16(11(12)4)15(27-6-2)7-10(3)28(18,25)26/h8-10,15,24H,5-7H2,1-4H3. The number of ether oxygens (including phenoxy) is 1. The van der Waals surface area contributed by atoms with Crippen molar-refractivity contribution in [1.82, 2.24) is 9.78 Å². The van der Waals surface area contributed by atoms with Crippen molar-refractivity contribution in [2.45, 2.75) is 56.9 Å². The Labute approximate surface area is 163 Å². The molecule has 1 aliphatic heterocycles. The molecule has 3 rings (SSSR count). The van der Waals surface area contributed by atoms with Gasteiger partial charge in [0.15, 0.2) is 15.6 Å². The monoisotopic (exact) mass is 410 g/mol. The van der Waals surface area contributed by atoms with Gasteiger partial charge in [-0.3, -0.25) is 4.79 Å². The molecule has 2 aromatic rings. The molecule has 7 nitrogen and oxygen atoms in total. The van der Waals surface area contributed by atoms with Crippen LogP contribution in [0.1, 0.15) is 60.3 Å². The van der Waals surface area contributed by atoms with Crippen molar-refractivity contribution in [3.05, 3.63) is 40.3 Å². The molecule has 28 heavy (non-hydrogen) atoms. The van der Waals surface area contributed by atoms with Gasteiger partial charge in [0.05, 0.1) is 17.6 Å². The SMILES string of the molecule is CCOC1CC(C)S(=O)(=O)c2c(F)cc(C(=O)c3cnn(CC)c3O)c(C)c21. The summed E-state index contributed by atoms with van der Waals surface area (Å²) in [5, 5.41) is 13.3. The minimum atomic E-state index is -3.87. The Bertz CT molecular complexity index is 1050. The first-order valence-corrected chi connectivity index (χ1v) is 10.7. The molecule has 1 aromatic heterocycles. The number of sulfone groups is 1. The number of carbonyl (C=O) groups excluding carboxylic acids is 1. The van der Waals surface area contributed by atoms with Crippen LogP contribution in [0.2, 0.25) is 0 Å². The number of nitrogens with zero attached hydrogens (tertiary/aromatic N) is 2. The Hall–Kier alpha value is -2.26. The van der Waals surface area contributed by atoms with Crippen LogP contribution in [0.5, 0.6) is 5.88 Å². The highest BCUT2D eigenvalue weighted by Gasteiger charge is 2.41. The van der Waals surface area contributed by atoms with Crippen LogP contribution in [0.3, 0.4) is 0 Å². The Kier molecular flexibility index (Phi) is 5.33. The molecule has 0 aliphatic carbocycles. The molecule has 9 heteroatoms. The number of aromatic nitrogens is 2. The van der Waals surface area contributed by atoms with Gasteiger partial charge in [-0.2, -0.15) is 5.10 Å². The summed E-state index contributed by atoms with van der Waals surface area (Å²) in [6, 6.07) is 0.928. The summed E-state index contributed by atoms with van der Waals surface area (Å²) in [5.41, 5.74) is 0.436. The van der Waals surface area contributed by atoms with E-state index in [1.54, 1.807) is 20.8 Å². The highest BCUT2D eigenvalue weighted by molar-refractivity contribution is 7.92. The first kappa shape index (κ1) is 20.5. The normalized spacial score (nSPS) is 20.8. The quantitative estimate of drug-likeness (QED) is 0.761. The summed E-state index contributed by atoms with van der Waals surface area (Å²) in [6.45, 7) is 7.30. The van der Waals surface area contributed by atoms with Crippen LogP contribution in [-0.4, -0.2) is 40.9 Å². The Morgan fingerprint density at radius 1 is 1.39 bits per heavy atom. The number of aromatic hydroxyl groups is 1. The first-order valence-electron chi connectivity index (χ1n) is 9.13. The number of fused-ring (bicyclic) bond motifs is 1. The first-order chi connectivity index (χ1) is 13.1. The molecule has 1 aromatic carbocycles. The topological polar surface area (TPSA) is 98.5 Å². The smallest absolute Gasteiger partial charge is 0.220 e. The molecule has 0 radical (unpaired) electrons. The second-order valence-electron chi connectivity index (χ2n) is 6.84. The Morgan fingerprint density at radius 3 is 2.64 bits per heavy atom. The second-order valence-corrected chi connectivity index (χ2v) is 9.14. The van der Waals surface area contributed by atoms with E-state index in [4.69, 9.17) is 4.74 Å². The van der Waals surface area contributed by atoms with Crippen LogP contribution in [0.25, 0.3) is 0 Å². The van der Waals surface area contributed by atoms with Gasteiger partial charge in [0.1, 0.15) is 16.3 Å². The van der Waals surface area contributed by atoms with Gasteiger partial charge in [-0.15, -0.1) is 0 Å². The average molecular weight is 410 g/mol. The number of carbonyl (C=O) groups is 1. The molecule has 2 heterocycles. The zero-order valence-corrected chi connectivity index (χ0v) is 17.0. The summed E-state index contributed by atoms with van der Waals surface area (Å²) >= 11 is 0. The van der Waals surface area contributed by atoms with E-state index >= 15 is 0 Å². The van der Waals surface area contributed by atoms with Crippen molar-refractivity contribution < 1.29 is 27.4 Å². The summed E-state index contributed by atoms with van der Waals surface area (Å²) in [5.74, 6) is -1.92. The Morgan fingerprint density at radius 2 is 2.07 bits per heavy atom. The maximum atomic E-state index is 15.0. The molecular weight excluding hydrogens is 387 g/mol. The highest BCUT2D eigenvalue weighted by Crippen LogP contribution is 2.43. The van der Waals surface area contributed by atoms with Crippen LogP contribution < -0.4 is 0 Å². The lowest BCUT2D eigenvalue weighted by Gasteiger charge is -2.31. The minimum absolute atomic E-state index is 0.0170. The number of rotatable bonds is 5. The second kappa shape index (κ2) is 7.29. The van der Waals surface area contributed by atoms with Gasteiger partial charge in [0, 0.05) is 24.3 Å². The zero-order valence-electron chi connectivity index (χ0n) is 16.2. The number of ketones is 1. The van der Waals surface area contributed by atoms with Gasteiger partial charge >= 0.3 is 0 Å². The van der Waals surface area contributed by atoms with Gasteiger partial charge in [-0.05, 0) is 45.7 Å². The van der Waals surface area contributed by atoms with Gasteiger partial charge in [-0.25, -0.2) is 17.5 Å². The number of hydrogen-bond acceptors (Lipinski definition) is 6. The van der Waals surface area contributed by atoms with Crippen molar-refractivity contribution in [2.75, 3.05) is 6.61 Å². The number of aryl methyl sites for hydroxylation is 1. The van der Waals surface area contributed by atoms with E-state index in [1.165, 1.54) is 17.8 Å². The molecule has 152 valence electrons. The summed E-state index contributed by atoms with van der Waals surface area (Å²) in [4.78, 5) is 12.6. The predicted molar refractivity (Wildman–Crippen MR) is 99.8 cm³/mol. The lowest BCUT2D eigenvalue weighted by Crippen LogP contribution is -2.31. The van der Waals surface area contributed by atoms with E-state index in [-0.39, 0.29) is 29.0 Å². The predicted octanol–water partition coefficient (Wildman–Crippen LogP) is 2.93. The third-order valence-electron chi connectivity index (χ3n) is 5.19. The van der Waals surface area contributed by atoms with Gasteiger partial charge in [-0.1, -0.05) is 0 Å². The summed E-state index contributed by atoms with van der Waals surface area (Å²) in [6.07, 6.45) is 0.768. The van der Waals surface area contributed by atoms with Crippen LogP contribution in [0, 0.1) is 12.7 Å². The summed E-state index contributed by atoms with van der Waals surface area (Å²) < 4.78 is 47.4. The fraction of sp³-hybridized carbons (Fsp3) is 0.474. The van der Waals surface area contributed by atoms with E-state index < -0.39 is 37.7 Å². The van der Waals surface area contributed by atoms with Gasteiger partial charge in [0.2, 0.25) is 5.88 Å². The molecule has 2 atom stereocenters. The molecule has 0 saturated carbocycles.